The second-order valence-corrected chi connectivity index (χ2v) is 7.23. The molecule has 2 N–H and O–H groups in total. The Hall–Kier alpha value is -3.15. The number of carbonyl (C=O) groups excluding carboxylic acids is 3. The molecule has 154 valence electrons. The number of benzene rings is 2. The second kappa shape index (κ2) is 11.6. The van der Waals surface area contributed by atoms with Crippen LogP contribution in [0.15, 0.2) is 54.6 Å². The lowest BCUT2D eigenvalue weighted by Gasteiger charge is -2.09. The molecular formula is C23H28N2O4. The third kappa shape index (κ3) is 9.06. The van der Waals surface area contributed by atoms with Crippen LogP contribution in [-0.4, -0.2) is 24.4 Å². The fraction of sp³-hybridized carbons (Fsp3) is 0.348. The average molecular weight is 396 g/mol. The zero-order chi connectivity index (χ0) is 21.1. The Balaban J connectivity index is 1.66. The number of rotatable bonds is 10. The van der Waals surface area contributed by atoms with E-state index in [9.17, 15) is 14.4 Å². The van der Waals surface area contributed by atoms with Crippen LogP contribution in [0.2, 0.25) is 0 Å². The molecule has 2 rings (SSSR count). The first-order chi connectivity index (χ1) is 13.9. The molecule has 0 saturated carbocycles. The van der Waals surface area contributed by atoms with E-state index in [4.69, 9.17) is 4.74 Å². The lowest BCUT2D eigenvalue weighted by molar-refractivity contribution is -0.144. The van der Waals surface area contributed by atoms with Gasteiger partial charge in [-0.2, -0.15) is 0 Å². The van der Waals surface area contributed by atoms with E-state index in [1.807, 2.05) is 44.2 Å². The zero-order valence-electron chi connectivity index (χ0n) is 16.9. The molecule has 0 unspecified atom stereocenters. The third-order valence-corrected chi connectivity index (χ3v) is 4.10. The average Bonchev–Trinajstić information content (AvgIpc) is 2.68. The highest BCUT2D eigenvalue weighted by Crippen LogP contribution is 2.15. The Morgan fingerprint density at radius 1 is 0.828 bits per heavy atom. The standard InChI is InChI=1S/C23H28N2O4/c1-17(2)16-22(27)25-20-10-8-19(9-11-20)24-21(26)12-13-23(28)29-15-14-18-6-4-3-5-7-18/h3-11,17H,12-16H2,1-2H3,(H,24,26)(H,25,27). The van der Waals surface area contributed by atoms with Gasteiger partial charge >= 0.3 is 5.97 Å². The zero-order valence-corrected chi connectivity index (χ0v) is 16.9. The highest BCUT2D eigenvalue weighted by atomic mass is 16.5. The Kier molecular flexibility index (Phi) is 8.89. The van der Waals surface area contributed by atoms with Crippen LogP contribution in [0.1, 0.15) is 38.7 Å². The minimum atomic E-state index is -0.390. The van der Waals surface area contributed by atoms with Gasteiger partial charge in [-0.1, -0.05) is 44.2 Å². The van der Waals surface area contributed by atoms with Crippen molar-refractivity contribution in [3.8, 4) is 0 Å². The van der Waals surface area contributed by atoms with Gasteiger partial charge in [-0.05, 0) is 35.7 Å². The third-order valence-electron chi connectivity index (χ3n) is 4.10. The smallest absolute Gasteiger partial charge is 0.306 e. The maximum atomic E-state index is 12.0. The molecule has 0 saturated heterocycles. The van der Waals surface area contributed by atoms with Gasteiger partial charge < -0.3 is 15.4 Å². The highest BCUT2D eigenvalue weighted by Gasteiger charge is 2.09. The first-order valence-corrected chi connectivity index (χ1v) is 9.81. The van der Waals surface area contributed by atoms with Crippen LogP contribution >= 0.6 is 0 Å². The highest BCUT2D eigenvalue weighted by molar-refractivity contribution is 5.94. The van der Waals surface area contributed by atoms with E-state index in [2.05, 4.69) is 10.6 Å². The lowest BCUT2D eigenvalue weighted by Crippen LogP contribution is -2.16. The topological polar surface area (TPSA) is 84.5 Å². The number of nitrogens with one attached hydrogen (secondary N) is 2. The fourth-order valence-corrected chi connectivity index (χ4v) is 2.66. The number of carbonyl (C=O) groups is 3. The Labute approximate surface area is 171 Å². The van der Waals surface area contributed by atoms with Gasteiger partial charge in [-0.25, -0.2) is 0 Å². The predicted octanol–water partition coefficient (Wildman–Crippen LogP) is 4.18. The molecule has 0 spiro atoms. The molecule has 0 bridgehead atoms. The number of ether oxygens (including phenoxy) is 1. The van der Waals surface area contributed by atoms with Crippen LogP contribution in [0.3, 0.4) is 0 Å². The van der Waals surface area contributed by atoms with E-state index >= 15 is 0 Å². The SMILES string of the molecule is CC(C)CC(=O)Nc1ccc(NC(=O)CCC(=O)OCCc2ccccc2)cc1. The summed E-state index contributed by atoms with van der Waals surface area (Å²) in [5.41, 5.74) is 2.38. The molecule has 0 atom stereocenters. The molecule has 2 aromatic carbocycles. The van der Waals surface area contributed by atoms with Crippen molar-refractivity contribution in [3.63, 3.8) is 0 Å². The van der Waals surface area contributed by atoms with Crippen molar-refractivity contribution in [1.29, 1.82) is 0 Å². The summed E-state index contributed by atoms with van der Waals surface area (Å²) in [6.07, 6.45) is 1.19. The first kappa shape index (κ1) is 22.1. The summed E-state index contributed by atoms with van der Waals surface area (Å²) in [7, 11) is 0. The summed E-state index contributed by atoms with van der Waals surface area (Å²) in [4.78, 5) is 35.5. The lowest BCUT2D eigenvalue weighted by atomic mass is 10.1. The molecule has 6 heteroatoms. The van der Waals surface area contributed by atoms with Gasteiger partial charge in [0.2, 0.25) is 11.8 Å². The maximum Gasteiger partial charge on any atom is 0.306 e. The normalized spacial score (nSPS) is 10.4. The summed E-state index contributed by atoms with van der Waals surface area (Å²) >= 11 is 0. The van der Waals surface area contributed by atoms with Crippen molar-refractivity contribution >= 4 is 29.2 Å². The molecule has 29 heavy (non-hydrogen) atoms. The molecular weight excluding hydrogens is 368 g/mol. The number of hydrogen-bond acceptors (Lipinski definition) is 4. The van der Waals surface area contributed by atoms with E-state index < -0.39 is 0 Å². The molecule has 6 nitrogen and oxygen atoms in total. The Morgan fingerprint density at radius 2 is 1.41 bits per heavy atom. The quantitative estimate of drug-likeness (QED) is 0.590. The van der Waals surface area contributed by atoms with Crippen LogP contribution in [0.25, 0.3) is 0 Å². The number of hydrogen-bond donors (Lipinski definition) is 2. The van der Waals surface area contributed by atoms with Crippen molar-refractivity contribution < 1.29 is 19.1 Å². The molecule has 0 aromatic heterocycles. The van der Waals surface area contributed by atoms with Crippen LogP contribution in [0.5, 0.6) is 0 Å². The summed E-state index contributed by atoms with van der Waals surface area (Å²) in [5.74, 6) is -0.401. The first-order valence-electron chi connectivity index (χ1n) is 9.81. The molecule has 0 radical (unpaired) electrons. The van der Waals surface area contributed by atoms with Gasteiger partial charge in [0, 0.05) is 30.6 Å². The molecule has 0 aliphatic rings. The molecule has 2 aromatic rings. The van der Waals surface area contributed by atoms with E-state index in [1.54, 1.807) is 24.3 Å². The van der Waals surface area contributed by atoms with Crippen LogP contribution < -0.4 is 10.6 Å². The van der Waals surface area contributed by atoms with Gasteiger partial charge in [0.05, 0.1) is 13.0 Å². The Morgan fingerprint density at radius 3 is 2.00 bits per heavy atom. The number of anilines is 2. The summed E-state index contributed by atoms with van der Waals surface area (Å²) in [6.45, 7) is 4.27. The monoisotopic (exact) mass is 396 g/mol. The molecule has 0 heterocycles. The number of amides is 2. The van der Waals surface area contributed by atoms with Crippen LogP contribution in [0.4, 0.5) is 11.4 Å². The summed E-state index contributed by atoms with van der Waals surface area (Å²) in [5, 5.41) is 5.54. The molecule has 0 aliphatic heterocycles. The van der Waals surface area contributed by atoms with Crippen molar-refractivity contribution in [2.45, 2.75) is 39.5 Å². The van der Waals surface area contributed by atoms with Gasteiger partial charge in [-0.15, -0.1) is 0 Å². The summed E-state index contributed by atoms with van der Waals surface area (Å²) < 4.78 is 5.17. The van der Waals surface area contributed by atoms with Gasteiger partial charge in [0.25, 0.3) is 0 Å². The van der Waals surface area contributed by atoms with Crippen LogP contribution in [-0.2, 0) is 25.5 Å². The minimum Gasteiger partial charge on any atom is -0.465 e. The van der Waals surface area contributed by atoms with Gasteiger partial charge in [-0.3, -0.25) is 14.4 Å². The predicted molar refractivity (Wildman–Crippen MR) is 113 cm³/mol. The largest absolute Gasteiger partial charge is 0.465 e. The van der Waals surface area contributed by atoms with E-state index in [0.717, 1.165) is 5.56 Å². The Bertz CT molecular complexity index is 801. The van der Waals surface area contributed by atoms with Crippen molar-refractivity contribution in [2.75, 3.05) is 17.2 Å². The van der Waals surface area contributed by atoms with Gasteiger partial charge in [0.1, 0.15) is 0 Å². The van der Waals surface area contributed by atoms with E-state index in [0.29, 0.717) is 36.7 Å². The maximum absolute atomic E-state index is 12.0. The van der Waals surface area contributed by atoms with E-state index in [1.165, 1.54) is 0 Å². The second-order valence-electron chi connectivity index (χ2n) is 7.23. The van der Waals surface area contributed by atoms with Gasteiger partial charge in [0.15, 0.2) is 0 Å². The molecule has 0 fully saturated rings. The molecule has 0 aliphatic carbocycles. The van der Waals surface area contributed by atoms with E-state index in [-0.39, 0.29) is 30.6 Å². The van der Waals surface area contributed by atoms with Crippen molar-refractivity contribution in [1.82, 2.24) is 0 Å². The van der Waals surface area contributed by atoms with Crippen molar-refractivity contribution in [2.24, 2.45) is 5.92 Å². The number of esters is 1. The van der Waals surface area contributed by atoms with Crippen LogP contribution in [0, 0.1) is 5.92 Å². The fourth-order valence-electron chi connectivity index (χ4n) is 2.66. The molecule has 2 amide bonds. The van der Waals surface area contributed by atoms with Crippen molar-refractivity contribution in [3.05, 3.63) is 60.2 Å². The minimum absolute atomic E-state index is 0.0317. The summed E-state index contributed by atoms with van der Waals surface area (Å²) in [6, 6.07) is 16.6.